The predicted molar refractivity (Wildman–Crippen MR) is 137 cm³/mol. The summed E-state index contributed by atoms with van der Waals surface area (Å²) in [4.78, 5) is 17.2. The molecule has 1 fully saturated rings. The quantitative estimate of drug-likeness (QED) is 0.246. The standard InChI is InChI=1S/C24H24F3N3O4S3/c1-23(2)21(22(31)29-32)30(11-12-36-23)37(33,34)17-6-3-15(4-7-17)14-35-20-9-10-28-19-13-16(24(25,26)27)5-8-18(19)20/h3-10,13,21,32H,11-12,14H2,1-2H3,(H,29,31)/t21-/m0/s1. The third kappa shape index (κ3) is 5.75. The summed E-state index contributed by atoms with van der Waals surface area (Å²) in [6, 6.07) is 10.3. The molecule has 1 aromatic heterocycles. The van der Waals surface area contributed by atoms with Gasteiger partial charge in [-0.1, -0.05) is 18.2 Å². The van der Waals surface area contributed by atoms with Crippen molar-refractivity contribution < 1.29 is 31.6 Å². The minimum Gasteiger partial charge on any atom is -0.289 e. The molecule has 1 atom stereocenters. The molecule has 0 radical (unpaired) electrons. The molecule has 2 aromatic carbocycles. The fourth-order valence-electron chi connectivity index (χ4n) is 4.20. The maximum Gasteiger partial charge on any atom is 0.416 e. The lowest BCUT2D eigenvalue weighted by molar-refractivity contribution is -0.137. The summed E-state index contributed by atoms with van der Waals surface area (Å²) in [5.41, 5.74) is 1.87. The average molecular weight is 572 g/mol. The van der Waals surface area contributed by atoms with Crippen LogP contribution in [0.5, 0.6) is 0 Å². The Morgan fingerprint density at radius 2 is 1.92 bits per heavy atom. The van der Waals surface area contributed by atoms with Gasteiger partial charge in [0.25, 0.3) is 5.91 Å². The fraction of sp³-hybridized carbons (Fsp3) is 0.333. The summed E-state index contributed by atoms with van der Waals surface area (Å²) in [7, 11) is -4.03. The number of hydrogen-bond acceptors (Lipinski definition) is 7. The molecule has 0 saturated carbocycles. The van der Waals surface area contributed by atoms with Crippen molar-refractivity contribution in [3.05, 3.63) is 65.9 Å². The first kappa shape index (κ1) is 27.7. The van der Waals surface area contributed by atoms with Crippen LogP contribution in [-0.4, -0.2) is 51.9 Å². The molecule has 1 amide bonds. The van der Waals surface area contributed by atoms with Crippen LogP contribution in [0.4, 0.5) is 13.2 Å². The van der Waals surface area contributed by atoms with Crippen LogP contribution in [0, 0.1) is 0 Å². The monoisotopic (exact) mass is 571 g/mol. The SMILES string of the molecule is CC1(C)SCCN(S(=O)(=O)c2ccc(CSc3ccnc4cc(C(F)(F)F)ccc34)cc2)[C@H]1C(=O)NO. The van der Waals surface area contributed by atoms with Gasteiger partial charge < -0.3 is 0 Å². The van der Waals surface area contributed by atoms with Crippen LogP contribution in [0.1, 0.15) is 25.0 Å². The second-order valence-corrected chi connectivity index (χ2v) is 13.6. The summed E-state index contributed by atoms with van der Waals surface area (Å²) in [5.74, 6) is 0.157. The topological polar surface area (TPSA) is 99.6 Å². The number of rotatable bonds is 6. The summed E-state index contributed by atoms with van der Waals surface area (Å²) >= 11 is 2.86. The first-order chi connectivity index (χ1) is 17.3. The number of aromatic nitrogens is 1. The lowest BCUT2D eigenvalue weighted by Crippen LogP contribution is -2.61. The number of carbonyl (C=O) groups excluding carboxylic acids is 1. The number of nitrogens with one attached hydrogen (secondary N) is 1. The fourth-order valence-corrected chi connectivity index (χ4v) is 8.31. The van der Waals surface area contributed by atoms with Crippen LogP contribution in [0.2, 0.25) is 0 Å². The van der Waals surface area contributed by atoms with E-state index in [-0.39, 0.29) is 17.0 Å². The van der Waals surface area contributed by atoms with Crippen LogP contribution in [0.15, 0.2) is 64.5 Å². The summed E-state index contributed by atoms with van der Waals surface area (Å²) in [6.07, 6.45) is -3.00. The Morgan fingerprint density at radius 3 is 2.57 bits per heavy atom. The summed E-state index contributed by atoms with van der Waals surface area (Å²) in [5, 5.41) is 9.79. The van der Waals surface area contributed by atoms with Gasteiger partial charge in [0.05, 0.1) is 16.0 Å². The van der Waals surface area contributed by atoms with Crippen LogP contribution < -0.4 is 5.48 Å². The highest BCUT2D eigenvalue weighted by Crippen LogP contribution is 2.39. The zero-order valence-corrected chi connectivity index (χ0v) is 22.3. The highest BCUT2D eigenvalue weighted by atomic mass is 32.2. The number of carbonyl (C=O) groups is 1. The Kier molecular flexibility index (Phi) is 7.82. The van der Waals surface area contributed by atoms with Gasteiger partial charge in [-0.3, -0.25) is 15.0 Å². The van der Waals surface area contributed by atoms with E-state index in [1.807, 2.05) is 0 Å². The number of fused-ring (bicyclic) bond motifs is 1. The van der Waals surface area contributed by atoms with Crippen molar-refractivity contribution in [2.24, 2.45) is 0 Å². The molecule has 0 aliphatic carbocycles. The van der Waals surface area contributed by atoms with Crippen molar-refractivity contribution in [3.63, 3.8) is 0 Å². The minimum absolute atomic E-state index is 0.0220. The Bertz CT molecular complexity index is 1410. The maximum absolute atomic E-state index is 13.4. The maximum atomic E-state index is 13.4. The van der Waals surface area contributed by atoms with Gasteiger partial charge in [-0.05, 0) is 49.7 Å². The number of pyridine rings is 1. The Labute approximate surface area is 220 Å². The van der Waals surface area contributed by atoms with Gasteiger partial charge in [0.2, 0.25) is 10.0 Å². The molecular weight excluding hydrogens is 547 g/mol. The first-order valence-electron chi connectivity index (χ1n) is 11.1. The summed E-state index contributed by atoms with van der Waals surface area (Å²) < 4.78 is 66.3. The van der Waals surface area contributed by atoms with Crippen molar-refractivity contribution in [2.45, 2.75) is 46.4 Å². The number of hydrogen-bond donors (Lipinski definition) is 2. The molecular formula is C24H24F3N3O4S3. The zero-order valence-electron chi connectivity index (χ0n) is 19.8. The van der Waals surface area contributed by atoms with Crippen LogP contribution >= 0.6 is 23.5 Å². The second kappa shape index (κ2) is 10.4. The molecule has 0 spiro atoms. The molecule has 3 aromatic rings. The van der Waals surface area contributed by atoms with Crippen LogP contribution in [0.25, 0.3) is 10.9 Å². The van der Waals surface area contributed by atoms with E-state index in [4.69, 9.17) is 0 Å². The molecule has 1 aliphatic rings. The molecule has 1 saturated heterocycles. The lowest BCUT2D eigenvalue weighted by Gasteiger charge is -2.43. The molecule has 4 rings (SSSR count). The van der Waals surface area contributed by atoms with Crippen molar-refractivity contribution >= 4 is 50.4 Å². The average Bonchev–Trinajstić information content (AvgIpc) is 2.85. The molecule has 0 bridgehead atoms. The third-order valence-corrected chi connectivity index (χ3v) is 10.4. The number of benzene rings is 2. The molecule has 0 unspecified atom stereocenters. The predicted octanol–water partition coefficient (Wildman–Crippen LogP) is 4.94. The molecule has 2 N–H and O–H groups in total. The van der Waals surface area contributed by atoms with Gasteiger partial charge in [0.1, 0.15) is 6.04 Å². The van der Waals surface area contributed by atoms with Gasteiger partial charge >= 0.3 is 6.18 Å². The van der Waals surface area contributed by atoms with Crippen molar-refractivity contribution in [1.29, 1.82) is 0 Å². The van der Waals surface area contributed by atoms with Gasteiger partial charge in [-0.2, -0.15) is 29.2 Å². The van der Waals surface area contributed by atoms with Gasteiger partial charge in [0, 0.05) is 39.3 Å². The van der Waals surface area contributed by atoms with Gasteiger partial charge in [-0.15, -0.1) is 11.8 Å². The largest absolute Gasteiger partial charge is 0.416 e. The van der Waals surface area contributed by atoms with Crippen molar-refractivity contribution in [1.82, 2.24) is 14.8 Å². The minimum atomic E-state index is -4.45. The smallest absolute Gasteiger partial charge is 0.289 e. The van der Waals surface area contributed by atoms with E-state index in [0.717, 1.165) is 26.9 Å². The second-order valence-electron chi connectivity index (χ2n) is 8.92. The van der Waals surface area contributed by atoms with Gasteiger partial charge in [-0.25, -0.2) is 13.9 Å². The summed E-state index contributed by atoms with van der Waals surface area (Å²) in [6.45, 7) is 3.63. The van der Waals surface area contributed by atoms with E-state index in [9.17, 15) is 31.6 Å². The number of halogens is 3. The number of hydroxylamine groups is 1. The Hall–Kier alpha value is -2.32. The van der Waals surface area contributed by atoms with E-state index in [1.165, 1.54) is 47.9 Å². The van der Waals surface area contributed by atoms with E-state index in [0.29, 0.717) is 16.9 Å². The molecule has 2 heterocycles. The number of thioether (sulfide) groups is 2. The molecule has 1 aliphatic heterocycles. The zero-order chi connectivity index (χ0) is 27.0. The Balaban J connectivity index is 1.53. The van der Waals surface area contributed by atoms with Crippen LogP contribution in [0.3, 0.4) is 0 Å². The highest BCUT2D eigenvalue weighted by molar-refractivity contribution is 8.01. The molecule has 13 heteroatoms. The normalized spacial score (nSPS) is 18.6. The van der Waals surface area contributed by atoms with E-state index in [2.05, 4.69) is 4.98 Å². The molecule has 198 valence electrons. The van der Waals surface area contributed by atoms with E-state index < -0.39 is 38.5 Å². The number of amides is 1. The van der Waals surface area contributed by atoms with Crippen LogP contribution in [-0.2, 0) is 26.7 Å². The lowest BCUT2D eigenvalue weighted by atomic mass is 10.0. The van der Waals surface area contributed by atoms with Crippen molar-refractivity contribution in [3.8, 4) is 0 Å². The first-order valence-corrected chi connectivity index (χ1v) is 14.5. The number of alkyl halides is 3. The number of nitrogens with zero attached hydrogens (tertiary/aromatic N) is 2. The molecule has 7 nitrogen and oxygen atoms in total. The number of sulfonamides is 1. The van der Waals surface area contributed by atoms with E-state index >= 15 is 0 Å². The van der Waals surface area contributed by atoms with E-state index in [1.54, 1.807) is 37.5 Å². The van der Waals surface area contributed by atoms with Crippen molar-refractivity contribution in [2.75, 3.05) is 12.3 Å². The van der Waals surface area contributed by atoms with Gasteiger partial charge in [0.15, 0.2) is 0 Å². The third-order valence-electron chi connectivity index (χ3n) is 6.05. The highest BCUT2D eigenvalue weighted by Gasteiger charge is 2.48. The Morgan fingerprint density at radius 1 is 1.22 bits per heavy atom. The molecule has 37 heavy (non-hydrogen) atoms.